The normalized spacial score (nSPS) is 11.4. The van der Waals surface area contributed by atoms with Gasteiger partial charge in [-0.15, -0.1) is 0 Å². The third kappa shape index (κ3) is 5.61. The van der Waals surface area contributed by atoms with Crippen LogP contribution in [0.5, 0.6) is 0 Å². The maximum absolute atomic E-state index is 15.1. The highest BCUT2D eigenvalue weighted by Gasteiger charge is 2.20. The van der Waals surface area contributed by atoms with Gasteiger partial charge < -0.3 is 9.14 Å². The molecule has 1 N–H and O–H groups in total. The average Bonchev–Trinajstić information content (AvgIpc) is 3.58. The molecule has 2 aromatic carbocycles. The molecule has 0 aliphatic carbocycles. The standard InChI is InChI=1S/C29H27ClFN5O2/c1-2-12-35(13-14-38-29(37)22-16-32-33-17-22)19-26-28(24-10-9-23(30)15-25(24)31)34-27-11-8-21(18-36(26)27)20-6-4-3-5-7-20/h3-11,15-18H,2,12-14,19H2,1H3,(H,32,33). The molecule has 0 atom stereocenters. The van der Waals surface area contributed by atoms with E-state index >= 15 is 4.39 Å². The number of halogens is 2. The number of hydrogen-bond donors (Lipinski definition) is 1. The van der Waals surface area contributed by atoms with Crippen molar-refractivity contribution in [3.05, 3.63) is 101 Å². The van der Waals surface area contributed by atoms with E-state index in [2.05, 4.69) is 34.2 Å². The number of H-pyrrole nitrogens is 1. The van der Waals surface area contributed by atoms with Crippen LogP contribution in [0.4, 0.5) is 4.39 Å². The Hall–Kier alpha value is -4.01. The Bertz CT molecular complexity index is 1540. The summed E-state index contributed by atoms with van der Waals surface area (Å²) in [5.41, 5.74) is 4.97. The molecule has 0 saturated carbocycles. The second-order valence-electron chi connectivity index (χ2n) is 8.94. The molecule has 0 aliphatic heterocycles. The molecule has 38 heavy (non-hydrogen) atoms. The summed E-state index contributed by atoms with van der Waals surface area (Å²) in [4.78, 5) is 19.2. The van der Waals surface area contributed by atoms with Crippen molar-refractivity contribution in [1.29, 1.82) is 0 Å². The second-order valence-corrected chi connectivity index (χ2v) is 9.38. The molecule has 5 aromatic rings. The Morgan fingerprint density at radius 2 is 1.95 bits per heavy atom. The molecule has 0 unspecified atom stereocenters. The van der Waals surface area contributed by atoms with Crippen molar-refractivity contribution in [3.63, 3.8) is 0 Å². The van der Waals surface area contributed by atoms with Gasteiger partial charge in [0.1, 0.15) is 18.1 Å². The summed E-state index contributed by atoms with van der Waals surface area (Å²) in [6, 6.07) is 18.7. The quantitative estimate of drug-likeness (QED) is 0.215. The highest BCUT2D eigenvalue weighted by atomic mass is 35.5. The molecule has 3 heterocycles. The van der Waals surface area contributed by atoms with Crippen LogP contribution < -0.4 is 0 Å². The van der Waals surface area contributed by atoms with Crippen molar-refractivity contribution >= 4 is 23.2 Å². The number of fused-ring (bicyclic) bond motifs is 1. The van der Waals surface area contributed by atoms with Crippen LogP contribution in [0.2, 0.25) is 5.02 Å². The smallest absolute Gasteiger partial charge is 0.341 e. The van der Waals surface area contributed by atoms with Crippen LogP contribution in [-0.4, -0.2) is 50.1 Å². The summed E-state index contributed by atoms with van der Waals surface area (Å²) in [5.74, 6) is -0.858. The fourth-order valence-electron chi connectivity index (χ4n) is 4.45. The Balaban J connectivity index is 1.50. The number of esters is 1. The van der Waals surface area contributed by atoms with Gasteiger partial charge in [0.05, 0.1) is 23.1 Å². The lowest BCUT2D eigenvalue weighted by atomic mass is 10.1. The summed E-state index contributed by atoms with van der Waals surface area (Å²) in [6.07, 6.45) is 5.86. The van der Waals surface area contributed by atoms with Gasteiger partial charge in [0.2, 0.25) is 0 Å². The molecule has 0 saturated heterocycles. The van der Waals surface area contributed by atoms with E-state index in [0.717, 1.165) is 29.8 Å². The minimum Gasteiger partial charge on any atom is -0.461 e. The van der Waals surface area contributed by atoms with Crippen LogP contribution in [0.3, 0.4) is 0 Å². The summed E-state index contributed by atoms with van der Waals surface area (Å²) in [5, 5.41) is 6.73. The zero-order valence-electron chi connectivity index (χ0n) is 20.9. The van der Waals surface area contributed by atoms with Crippen LogP contribution >= 0.6 is 11.6 Å². The molecular formula is C29H27ClFN5O2. The fraction of sp³-hybridized carbons (Fsp3) is 0.207. The minimum absolute atomic E-state index is 0.209. The molecule has 9 heteroatoms. The molecule has 3 aromatic heterocycles. The summed E-state index contributed by atoms with van der Waals surface area (Å²) in [6.45, 7) is 4.05. The maximum atomic E-state index is 15.1. The number of imidazole rings is 1. The number of nitrogens with one attached hydrogen (secondary N) is 1. The average molecular weight is 532 g/mol. The lowest BCUT2D eigenvalue weighted by Gasteiger charge is -2.22. The van der Waals surface area contributed by atoms with Crippen LogP contribution in [0, 0.1) is 5.82 Å². The first kappa shape index (κ1) is 25.6. The highest BCUT2D eigenvalue weighted by molar-refractivity contribution is 6.30. The van der Waals surface area contributed by atoms with Gasteiger partial charge in [0.15, 0.2) is 0 Å². The zero-order valence-corrected chi connectivity index (χ0v) is 21.7. The van der Waals surface area contributed by atoms with Gasteiger partial charge in [-0.25, -0.2) is 14.2 Å². The number of hydrogen-bond acceptors (Lipinski definition) is 5. The number of nitrogens with zero attached hydrogens (tertiary/aromatic N) is 4. The molecular weight excluding hydrogens is 505 g/mol. The number of pyridine rings is 1. The van der Waals surface area contributed by atoms with Gasteiger partial charge in [0, 0.05) is 36.1 Å². The third-order valence-corrected chi connectivity index (χ3v) is 6.53. The van der Waals surface area contributed by atoms with E-state index < -0.39 is 11.8 Å². The van der Waals surface area contributed by atoms with Crippen molar-refractivity contribution in [1.82, 2.24) is 24.5 Å². The van der Waals surface area contributed by atoms with Gasteiger partial charge in [-0.2, -0.15) is 5.10 Å². The van der Waals surface area contributed by atoms with Gasteiger partial charge in [0.25, 0.3) is 0 Å². The van der Waals surface area contributed by atoms with E-state index in [0.29, 0.717) is 40.6 Å². The SMILES string of the molecule is CCCN(CCOC(=O)c1cn[nH]c1)Cc1c(-c2ccc(Cl)cc2F)nc2ccc(-c3ccccc3)cn12. The Morgan fingerprint density at radius 3 is 2.68 bits per heavy atom. The lowest BCUT2D eigenvalue weighted by Crippen LogP contribution is -2.29. The molecule has 194 valence electrons. The fourth-order valence-corrected chi connectivity index (χ4v) is 4.61. The van der Waals surface area contributed by atoms with Crippen molar-refractivity contribution in [2.45, 2.75) is 19.9 Å². The number of aromatic amines is 1. The number of benzene rings is 2. The van der Waals surface area contributed by atoms with E-state index in [1.54, 1.807) is 12.1 Å². The first-order valence-corrected chi connectivity index (χ1v) is 12.8. The molecule has 0 bridgehead atoms. The van der Waals surface area contributed by atoms with E-state index in [9.17, 15) is 4.79 Å². The highest BCUT2D eigenvalue weighted by Crippen LogP contribution is 2.31. The van der Waals surface area contributed by atoms with Crippen molar-refractivity contribution < 1.29 is 13.9 Å². The molecule has 5 rings (SSSR count). The van der Waals surface area contributed by atoms with Gasteiger partial charge in [-0.05, 0) is 54.4 Å². The Morgan fingerprint density at radius 1 is 1.11 bits per heavy atom. The van der Waals surface area contributed by atoms with Crippen molar-refractivity contribution in [2.75, 3.05) is 19.7 Å². The van der Waals surface area contributed by atoms with Crippen LogP contribution in [0.15, 0.2) is 79.3 Å². The topological polar surface area (TPSA) is 75.5 Å². The summed E-state index contributed by atoms with van der Waals surface area (Å²) >= 11 is 6.04. The zero-order chi connectivity index (χ0) is 26.5. The minimum atomic E-state index is -0.429. The third-order valence-electron chi connectivity index (χ3n) is 6.30. The number of carbonyl (C=O) groups excluding carboxylic acids is 1. The van der Waals surface area contributed by atoms with E-state index in [1.807, 2.05) is 40.9 Å². The second kappa shape index (κ2) is 11.6. The predicted octanol–water partition coefficient (Wildman–Crippen LogP) is 6.25. The first-order valence-electron chi connectivity index (χ1n) is 12.4. The van der Waals surface area contributed by atoms with Crippen LogP contribution in [-0.2, 0) is 11.3 Å². The lowest BCUT2D eigenvalue weighted by molar-refractivity contribution is 0.0457. The number of rotatable bonds is 10. The van der Waals surface area contributed by atoms with E-state index in [-0.39, 0.29) is 6.61 Å². The number of aromatic nitrogens is 4. The largest absolute Gasteiger partial charge is 0.461 e. The van der Waals surface area contributed by atoms with Gasteiger partial charge in [-0.1, -0.05) is 48.9 Å². The molecule has 0 fully saturated rings. The van der Waals surface area contributed by atoms with Gasteiger partial charge >= 0.3 is 5.97 Å². The first-order chi connectivity index (χ1) is 18.5. The molecule has 0 amide bonds. The maximum Gasteiger partial charge on any atom is 0.341 e. The summed E-state index contributed by atoms with van der Waals surface area (Å²) in [7, 11) is 0. The Kier molecular flexibility index (Phi) is 7.81. The molecule has 0 radical (unpaired) electrons. The Labute approximate surface area is 224 Å². The van der Waals surface area contributed by atoms with Crippen molar-refractivity contribution in [2.24, 2.45) is 0 Å². The van der Waals surface area contributed by atoms with Crippen LogP contribution in [0.25, 0.3) is 28.0 Å². The van der Waals surface area contributed by atoms with Crippen molar-refractivity contribution in [3.8, 4) is 22.4 Å². The van der Waals surface area contributed by atoms with E-state index in [1.165, 1.54) is 18.5 Å². The molecule has 0 spiro atoms. The molecule has 7 nitrogen and oxygen atoms in total. The predicted molar refractivity (Wildman–Crippen MR) is 145 cm³/mol. The number of carbonyl (C=O) groups is 1. The number of ether oxygens (including phenoxy) is 1. The van der Waals surface area contributed by atoms with Crippen LogP contribution in [0.1, 0.15) is 29.4 Å². The van der Waals surface area contributed by atoms with Gasteiger partial charge in [-0.3, -0.25) is 10.00 Å². The van der Waals surface area contributed by atoms with E-state index in [4.69, 9.17) is 21.3 Å². The summed E-state index contributed by atoms with van der Waals surface area (Å²) < 4.78 is 22.6. The monoisotopic (exact) mass is 531 g/mol. The molecule has 0 aliphatic rings.